The van der Waals surface area contributed by atoms with Crippen LogP contribution in [0, 0.1) is 0 Å². The molecule has 0 fully saturated rings. The lowest BCUT2D eigenvalue weighted by atomic mass is 10.1. The van der Waals surface area contributed by atoms with Crippen LogP contribution >= 0.6 is 0 Å². The number of hydrogen-bond donors (Lipinski definition) is 1. The highest BCUT2D eigenvalue weighted by atomic mass is 16.2. The average Bonchev–Trinajstić information content (AvgIpc) is 2.40. The van der Waals surface area contributed by atoms with Crippen molar-refractivity contribution in [1.82, 2.24) is 19.7 Å². The van der Waals surface area contributed by atoms with E-state index in [1.807, 2.05) is 7.05 Å². The monoisotopic (exact) mass is 196 g/mol. The van der Waals surface area contributed by atoms with Crippen LogP contribution in [-0.2, 0) is 20.0 Å². The molecule has 0 saturated carbocycles. The van der Waals surface area contributed by atoms with E-state index in [0.29, 0.717) is 6.04 Å². The Kier molecular flexibility index (Phi) is 2.41. The highest BCUT2D eigenvalue weighted by Gasteiger charge is 2.18. The molecule has 1 aromatic rings. The van der Waals surface area contributed by atoms with E-state index in [9.17, 15) is 4.79 Å². The van der Waals surface area contributed by atoms with Gasteiger partial charge in [0.2, 0.25) is 0 Å². The van der Waals surface area contributed by atoms with Crippen molar-refractivity contribution >= 4 is 0 Å². The molecule has 1 aromatic heterocycles. The second kappa shape index (κ2) is 3.57. The van der Waals surface area contributed by atoms with Gasteiger partial charge in [-0.05, 0) is 19.9 Å². The van der Waals surface area contributed by atoms with Gasteiger partial charge in [-0.2, -0.15) is 5.10 Å². The molecule has 78 valence electrons. The van der Waals surface area contributed by atoms with Gasteiger partial charge in [-0.3, -0.25) is 4.57 Å². The van der Waals surface area contributed by atoms with Gasteiger partial charge in [0.15, 0.2) is 0 Å². The minimum absolute atomic E-state index is 0.0109. The molecule has 5 nitrogen and oxygen atoms in total. The van der Waals surface area contributed by atoms with Gasteiger partial charge < -0.3 is 5.32 Å². The molecule has 0 spiro atoms. The molecule has 1 atom stereocenters. The van der Waals surface area contributed by atoms with Crippen LogP contribution in [0.3, 0.4) is 0 Å². The van der Waals surface area contributed by atoms with Crippen molar-refractivity contribution in [2.24, 2.45) is 7.05 Å². The van der Waals surface area contributed by atoms with Crippen LogP contribution < -0.4 is 11.0 Å². The van der Waals surface area contributed by atoms with Crippen molar-refractivity contribution in [3.63, 3.8) is 0 Å². The van der Waals surface area contributed by atoms with Crippen molar-refractivity contribution in [1.29, 1.82) is 0 Å². The number of rotatable bonds is 1. The fourth-order valence-electron chi connectivity index (χ4n) is 1.99. The summed E-state index contributed by atoms with van der Waals surface area (Å²) < 4.78 is 3.21. The third kappa shape index (κ3) is 1.48. The molecule has 1 aliphatic rings. The van der Waals surface area contributed by atoms with Crippen LogP contribution in [0.5, 0.6) is 0 Å². The number of hydrogen-bond acceptors (Lipinski definition) is 3. The molecule has 14 heavy (non-hydrogen) atoms. The molecule has 2 heterocycles. The first-order valence-electron chi connectivity index (χ1n) is 5.02. The zero-order valence-corrected chi connectivity index (χ0v) is 8.66. The van der Waals surface area contributed by atoms with Crippen LogP contribution in [0.15, 0.2) is 4.79 Å². The van der Waals surface area contributed by atoms with Gasteiger partial charge in [-0.15, -0.1) is 0 Å². The van der Waals surface area contributed by atoms with E-state index in [1.165, 1.54) is 4.68 Å². The summed E-state index contributed by atoms with van der Waals surface area (Å²) >= 11 is 0. The zero-order valence-electron chi connectivity index (χ0n) is 8.66. The summed E-state index contributed by atoms with van der Waals surface area (Å²) in [5.74, 6) is 0.926. The predicted molar refractivity (Wildman–Crippen MR) is 53.3 cm³/mol. The Hall–Kier alpha value is -1.10. The third-order valence-corrected chi connectivity index (χ3v) is 2.91. The van der Waals surface area contributed by atoms with E-state index in [0.717, 1.165) is 31.6 Å². The minimum atomic E-state index is 0.0109. The van der Waals surface area contributed by atoms with Crippen molar-refractivity contribution in [3.05, 3.63) is 16.3 Å². The summed E-state index contributed by atoms with van der Waals surface area (Å²) in [6.45, 7) is 0.785. The molecular weight excluding hydrogens is 180 g/mol. The van der Waals surface area contributed by atoms with Crippen molar-refractivity contribution in [3.8, 4) is 0 Å². The lowest BCUT2D eigenvalue weighted by molar-refractivity contribution is 0.475. The Morgan fingerprint density at radius 3 is 3.00 bits per heavy atom. The summed E-state index contributed by atoms with van der Waals surface area (Å²) in [5.41, 5.74) is 0.0109. The second-order valence-corrected chi connectivity index (χ2v) is 3.79. The van der Waals surface area contributed by atoms with Crippen molar-refractivity contribution in [2.45, 2.75) is 31.8 Å². The fourth-order valence-corrected chi connectivity index (χ4v) is 1.99. The lowest BCUT2D eigenvalue weighted by Crippen LogP contribution is -2.28. The van der Waals surface area contributed by atoms with Crippen LogP contribution in [0.4, 0.5) is 0 Å². The van der Waals surface area contributed by atoms with Gasteiger partial charge in [-0.25, -0.2) is 9.48 Å². The number of aryl methyl sites for hydroxylation is 2. The third-order valence-electron chi connectivity index (χ3n) is 2.91. The van der Waals surface area contributed by atoms with E-state index in [-0.39, 0.29) is 5.69 Å². The number of nitrogens with zero attached hydrogens (tertiary/aromatic N) is 3. The molecule has 0 radical (unpaired) electrons. The molecule has 0 saturated heterocycles. The van der Waals surface area contributed by atoms with E-state index < -0.39 is 0 Å². The lowest BCUT2D eigenvalue weighted by Gasteiger charge is -2.10. The Morgan fingerprint density at radius 1 is 1.50 bits per heavy atom. The maximum absolute atomic E-state index is 11.6. The fraction of sp³-hybridized carbons (Fsp3) is 0.778. The van der Waals surface area contributed by atoms with Crippen LogP contribution in [0.2, 0.25) is 0 Å². The Labute approximate surface area is 82.7 Å². The topological polar surface area (TPSA) is 51.9 Å². The zero-order chi connectivity index (χ0) is 10.1. The summed E-state index contributed by atoms with van der Waals surface area (Å²) in [4.78, 5) is 11.6. The summed E-state index contributed by atoms with van der Waals surface area (Å²) in [6.07, 6.45) is 2.96. The van der Waals surface area contributed by atoms with Gasteiger partial charge in [0, 0.05) is 26.1 Å². The first-order chi connectivity index (χ1) is 6.72. The first-order valence-corrected chi connectivity index (χ1v) is 5.02. The van der Waals surface area contributed by atoms with Crippen molar-refractivity contribution < 1.29 is 0 Å². The predicted octanol–water partition coefficient (Wildman–Crippen LogP) is -0.494. The molecule has 5 heteroatoms. The average molecular weight is 196 g/mol. The van der Waals surface area contributed by atoms with Gasteiger partial charge >= 0.3 is 5.69 Å². The molecular formula is C9H16N4O. The van der Waals surface area contributed by atoms with Crippen LogP contribution in [0.25, 0.3) is 0 Å². The molecule has 0 amide bonds. The van der Waals surface area contributed by atoms with Gasteiger partial charge in [0.05, 0.1) is 0 Å². The quantitative estimate of drug-likeness (QED) is 0.659. The molecule has 0 unspecified atom stereocenters. The maximum atomic E-state index is 11.6. The van der Waals surface area contributed by atoms with Gasteiger partial charge in [-0.1, -0.05) is 0 Å². The molecule has 0 aliphatic carbocycles. The highest BCUT2D eigenvalue weighted by molar-refractivity contribution is 4.92. The highest BCUT2D eigenvalue weighted by Crippen LogP contribution is 2.10. The van der Waals surface area contributed by atoms with E-state index in [2.05, 4.69) is 10.4 Å². The number of nitrogens with one attached hydrogen (secondary N) is 1. The van der Waals surface area contributed by atoms with Gasteiger partial charge in [0.25, 0.3) is 0 Å². The summed E-state index contributed by atoms with van der Waals surface area (Å²) in [5, 5.41) is 7.47. The normalized spacial score (nSPS) is 21.7. The van der Waals surface area contributed by atoms with Crippen molar-refractivity contribution in [2.75, 3.05) is 7.05 Å². The molecule has 0 aromatic carbocycles. The van der Waals surface area contributed by atoms with E-state index >= 15 is 0 Å². The molecule has 2 rings (SSSR count). The second-order valence-electron chi connectivity index (χ2n) is 3.79. The Balaban J connectivity index is 2.28. The molecule has 0 bridgehead atoms. The molecule has 1 aliphatic heterocycles. The smallest absolute Gasteiger partial charge is 0.317 e. The number of fused-ring (bicyclic) bond motifs is 1. The summed E-state index contributed by atoms with van der Waals surface area (Å²) in [7, 11) is 3.68. The first kappa shape index (κ1) is 9.45. The summed E-state index contributed by atoms with van der Waals surface area (Å²) in [6, 6.07) is 0.515. The number of aromatic nitrogens is 3. The van der Waals surface area contributed by atoms with Gasteiger partial charge in [0.1, 0.15) is 5.82 Å². The standard InChI is InChI=1S/C9H16N4O/c1-10-7-3-4-8-11-12(2)9(14)13(8)6-5-7/h7,10H,3-6H2,1-2H3/t7-/m0/s1. The largest absolute Gasteiger partial charge is 0.345 e. The maximum Gasteiger partial charge on any atom is 0.345 e. The van der Waals surface area contributed by atoms with Crippen LogP contribution in [-0.4, -0.2) is 27.4 Å². The molecule has 1 N–H and O–H groups in total. The van der Waals surface area contributed by atoms with Crippen LogP contribution in [0.1, 0.15) is 18.7 Å². The SMILES string of the molecule is CN[C@H]1CCc2nn(C)c(=O)n2CC1. The van der Waals surface area contributed by atoms with E-state index in [4.69, 9.17) is 0 Å². The van der Waals surface area contributed by atoms with E-state index in [1.54, 1.807) is 11.6 Å². The Bertz CT molecular complexity index is 379. The minimum Gasteiger partial charge on any atom is -0.317 e. The Morgan fingerprint density at radius 2 is 2.29 bits per heavy atom.